The number of aromatic nitrogens is 4. The van der Waals surface area contributed by atoms with Crippen LogP contribution in [0.4, 0.5) is 0 Å². The molecule has 4 heteroatoms. The van der Waals surface area contributed by atoms with E-state index in [9.17, 15) is 0 Å². The highest BCUT2D eigenvalue weighted by atomic mass is 15.0. The first-order chi connectivity index (χ1) is 32.0. The Kier molecular flexibility index (Phi) is 8.22. The highest BCUT2D eigenvalue weighted by molar-refractivity contribution is 6.23. The molecule has 13 rings (SSSR count). The topological polar surface area (TPSA) is 35.6 Å². The molecule has 4 nitrogen and oxygen atoms in total. The number of hydrogen-bond donors (Lipinski definition) is 0. The van der Waals surface area contributed by atoms with Gasteiger partial charge >= 0.3 is 0 Å². The lowest BCUT2D eigenvalue weighted by Crippen LogP contribution is -2.15. The number of para-hydroxylation sites is 2. The molecular formula is C61H42N4. The van der Waals surface area contributed by atoms with Gasteiger partial charge < -0.3 is 9.13 Å². The maximum atomic E-state index is 5.23. The Hall–Kier alpha value is -8.34. The summed E-state index contributed by atoms with van der Waals surface area (Å²) in [5, 5.41) is 4.91. The summed E-state index contributed by atoms with van der Waals surface area (Å²) in [7, 11) is 0. The van der Waals surface area contributed by atoms with Gasteiger partial charge in [-0.05, 0) is 88.0 Å². The van der Waals surface area contributed by atoms with Crippen LogP contribution < -0.4 is 0 Å². The van der Waals surface area contributed by atoms with Crippen molar-refractivity contribution in [2.24, 2.45) is 0 Å². The molecule has 0 saturated carbocycles. The van der Waals surface area contributed by atoms with E-state index in [-0.39, 0.29) is 5.41 Å². The van der Waals surface area contributed by atoms with Gasteiger partial charge in [0.2, 0.25) is 0 Å². The second kappa shape index (κ2) is 14.3. The fraction of sp³-hybridized carbons (Fsp3) is 0.0492. The monoisotopic (exact) mass is 830 g/mol. The fourth-order valence-corrected chi connectivity index (χ4v) is 10.6. The molecule has 1 aliphatic rings. The molecule has 0 fully saturated rings. The number of fused-ring (bicyclic) bond motifs is 10. The van der Waals surface area contributed by atoms with Gasteiger partial charge in [-0.2, -0.15) is 0 Å². The SMILES string of the molecule is CC1(C)c2ccccc2-c2ccc(-n3c4ccccc4c4ccc5c6ccccc6n(-c6ccc(-c7nc(-c8ccccc8)cc(-c8ccc(-c9ccccc9)cc8)n7)cc6)c5c43)cc21. The number of benzene rings is 9. The molecular weight excluding hydrogens is 789 g/mol. The van der Waals surface area contributed by atoms with Crippen LogP contribution in [-0.2, 0) is 5.41 Å². The number of hydrogen-bond acceptors (Lipinski definition) is 2. The molecule has 0 saturated heterocycles. The minimum Gasteiger partial charge on any atom is -0.307 e. The van der Waals surface area contributed by atoms with E-state index in [4.69, 9.17) is 9.97 Å². The lowest BCUT2D eigenvalue weighted by Gasteiger charge is -2.22. The van der Waals surface area contributed by atoms with Gasteiger partial charge in [-0.3, -0.25) is 0 Å². The molecule has 0 atom stereocenters. The molecule has 0 N–H and O–H groups in total. The summed E-state index contributed by atoms with van der Waals surface area (Å²) >= 11 is 0. The molecule has 0 amide bonds. The van der Waals surface area contributed by atoms with Crippen LogP contribution in [0.3, 0.4) is 0 Å². The van der Waals surface area contributed by atoms with Crippen molar-refractivity contribution in [2.75, 3.05) is 0 Å². The van der Waals surface area contributed by atoms with Crippen molar-refractivity contribution in [1.82, 2.24) is 19.1 Å². The Morgan fingerprint density at radius 3 is 1.45 bits per heavy atom. The minimum atomic E-state index is -0.120. The van der Waals surface area contributed by atoms with Crippen LogP contribution in [0.5, 0.6) is 0 Å². The van der Waals surface area contributed by atoms with Crippen LogP contribution in [0.25, 0.3) is 111 Å². The number of rotatable bonds is 6. The maximum Gasteiger partial charge on any atom is 0.160 e. The van der Waals surface area contributed by atoms with Crippen LogP contribution in [0, 0.1) is 0 Å². The average Bonchev–Trinajstić information content (AvgIpc) is 3.97. The van der Waals surface area contributed by atoms with Crippen molar-refractivity contribution >= 4 is 43.6 Å². The third-order valence-electron chi connectivity index (χ3n) is 13.8. The Balaban J connectivity index is 0.989. The molecule has 65 heavy (non-hydrogen) atoms. The van der Waals surface area contributed by atoms with Crippen molar-refractivity contribution in [3.05, 3.63) is 230 Å². The van der Waals surface area contributed by atoms with Crippen molar-refractivity contribution in [2.45, 2.75) is 19.3 Å². The van der Waals surface area contributed by atoms with E-state index < -0.39 is 0 Å². The Morgan fingerprint density at radius 1 is 0.338 bits per heavy atom. The van der Waals surface area contributed by atoms with Gasteiger partial charge in [0.25, 0.3) is 0 Å². The van der Waals surface area contributed by atoms with Gasteiger partial charge in [-0.15, -0.1) is 0 Å². The maximum absolute atomic E-state index is 5.23. The van der Waals surface area contributed by atoms with Gasteiger partial charge in [0.05, 0.1) is 33.5 Å². The average molecular weight is 831 g/mol. The van der Waals surface area contributed by atoms with Gasteiger partial charge in [-0.25, -0.2) is 9.97 Å². The van der Waals surface area contributed by atoms with E-state index in [2.05, 4.69) is 235 Å². The second-order valence-corrected chi connectivity index (χ2v) is 17.8. The van der Waals surface area contributed by atoms with E-state index in [1.54, 1.807) is 0 Å². The third-order valence-corrected chi connectivity index (χ3v) is 13.8. The lowest BCUT2D eigenvalue weighted by atomic mass is 9.82. The summed E-state index contributed by atoms with van der Waals surface area (Å²) in [6, 6.07) is 78.8. The summed E-state index contributed by atoms with van der Waals surface area (Å²) in [6.07, 6.45) is 0. The first-order valence-electron chi connectivity index (χ1n) is 22.4. The van der Waals surface area contributed by atoms with Crippen LogP contribution in [-0.4, -0.2) is 19.1 Å². The predicted octanol–water partition coefficient (Wildman–Crippen LogP) is 15.6. The van der Waals surface area contributed by atoms with Crippen LogP contribution in [0.1, 0.15) is 25.0 Å². The molecule has 0 unspecified atom stereocenters. The highest BCUT2D eigenvalue weighted by Gasteiger charge is 2.35. The Bertz CT molecular complexity index is 3820. The van der Waals surface area contributed by atoms with Gasteiger partial charge in [0.15, 0.2) is 5.82 Å². The van der Waals surface area contributed by atoms with Gasteiger partial charge in [0, 0.05) is 55.0 Å². The van der Waals surface area contributed by atoms with Crippen LogP contribution in [0.15, 0.2) is 218 Å². The molecule has 3 heterocycles. The summed E-state index contributed by atoms with van der Waals surface area (Å²) in [5.41, 5.74) is 19.4. The first kappa shape index (κ1) is 37.2. The zero-order chi connectivity index (χ0) is 43.2. The predicted molar refractivity (Wildman–Crippen MR) is 270 cm³/mol. The molecule has 12 aromatic rings. The molecule has 1 aliphatic carbocycles. The van der Waals surface area contributed by atoms with E-state index in [1.807, 2.05) is 6.07 Å². The van der Waals surface area contributed by atoms with E-state index in [0.29, 0.717) is 5.82 Å². The highest BCUT2D eigenvalue weighted by Crippen LogP contribution is 2.50. The molecule has 0 radical (unpaired) electrons. The summed E-state index contributed by atoms with van der Waals surface area (Å²) in [5.74, 6) is 0.687. The zero-order valence-corrected chi connectivity index (χ0v) is 36.1. The smallest absolute Gasteiger partial charge is 0.160 e. The standard InChI is InChI=1S/C61H42N4/c1-61(2)52-22-12-9-19-46(52)47-34-33-45(37-53(47)61)65-57-24-14-11-21-49(57)51-36-35-50-48-20-10-13-23-56(48)64(58(50)59(51)65)44-31-29-43(30-32-44)60-62-54(41-17-7-4-8-18-41)38-55(63-60)42-27-25-40(26-28-42)39-15-5-3-6-16-39/h3-38H,1-2H3. The van der Waals surface area contributed by atoms with E-state index >= 15 is 0 Å². The lowest BCUT2D eigenvalue weighted by molar-refractivity contribution is 0.660. The zero-order valence-electron chi connectivity index (χ0n) is 36.1. The molecule has 306 valence electrons. The quantitative estimate of drug-likeness (QED) is 0.167. The first-order valence-corrected chi connectivity index (χ1v) is 22.4. The van der Waals surface area contributed by atoms with Crippen molar-refractivity contribution in [1.29, 1.82) is 0 Å². The van der Waals surface area contributed by atoms with Crippen molar-refractivity contribution < 1.29 is 0 Å². The van der Waals surface area contributed by atoms with Crippen LogP contribution >= 0.6 is 0 Å². The molecule has 0 aliphatic heterocycles. The van der Waals surface area contributed by atoms with Gasteiger partial charge in [0.1, 0.15) is 0 Å². The Morgan fingerprint density at radius 2 is 0.800 bits per heavy atom. The summed E-state index contributed by atoms with van der Waals surface area (Å²) in [6.45, 7) is 4.72. The second-order valence-electron chi connectivity index (χ2n) is 17.8. The van der Waals surface area contributed by atoms with E-state index in [0.717, 1.165) is 45.0 Å². The normalized spacial score (nSPS) is 12.9. The largest absolute Gasteiger partial charge is 0.307 e. The van der Waals surface area contributed by atoms with Crippen molar-refractivity contribution in [3.8, 4) is 67.5 Å². The minimum absolute atomic E-state index is 0.120. The van der Waals surface area contributed by atoms with Crippen LogP contribution in [0.2, 0.25) is 0 Å². The van der Waals surface area contributed by atoms with Crippen molar-refractivity contribution in [3.63, 3.8) is 0 Å². The summed E-state index contributed by atoms with van der Waals surface area (Å²) in [4.78, 5) is 10.4. The molecule has 0 spiro atoms. The molecule has 3 aromatic heterocycles. The van der Waals surface area contributed by atoms with Gasteiger partial charge in [-0.1, -0.05) is 178 Å². The van der Waals surface area contributed by atoms with E-state index in [1.165, 1.54) is 71.5 Å². The fourth-order valence-electron chi connectivity index (χ4n) is 10.6. The molecule has 0 bridgehead atoms. The number of nitrogens with zero attached hydrogens (tertiary/aromatic N) is 4. The molecule has 9 aromatic carbocycles. The Labute approximate surface area is 377 Å². The third kappa shape index (κ3) is 5.77. The summed E-state index contributed by atoms with van der Waals surface area (Å²) < 4.78 is 4.97.